The molecule has 6 nitrogen and oxygen atoms in total. The van der Waals surface area contributed by atoms with Crippen molar-refractivity contribution in [2.24, 2.45) is 5.84 Å². The van der Waals surface area contributed by atoms with Crippen molar-refractivity contribution in [3.63, 3.8) is 0 Å². The lowest BCUT2D eigenvalue weighted by Crippen LogP contribution is -2.15. The third-order valence-electron chi connectivity index (χ3n) is 2.82. The minimum Gasteiger partial charge on any atom is -0.321 e. The van der Waals surface area contributed by atoms with E-state index in [9.17, 15) is 4.79 Å². The number of nitrogen functional groups attached to an aromatic ring is 1. The summed E-state index contributed by atoms with van der Waals surface area (Å²) < 4.78 is 0. The Morgan fingerprint density at radius 3 is 2.75 bits per heavy atom. The lowest BCUT2D eigenvalue weighted by molar-refractivity contribution is 0.102. The Balaban J connectivity index is 2.22. The summed E-state index contributed by atoms with van der Waals surface area (Å²) in [5.41, 5.74) is 5.32. The highest BCUT2D eigenvalue weighted by molar-refractivity contribution is 6.04. The van der Waals surface area contributed by atoms with Crippen LogP contribution in [0.5, 0.6) is 0 Å². The van der Waals surface area contributed by atoms with Crippen molar-refractivity contribution in [3.05, 3.63) is 47.4 Å². The summed E-state index contributed by atoms with van der Waals surface area (Å²) in [6.45, 7) is 3.86. The number of nitrogens with one attached hydrogen (secondary N) is 2. The molecule has 20 heavy (non-hydrogen) atoms. The van der Waals surface area contributed by atoms with Gasteiger partial charge in [-0.15, -0.1) is 0 Å². The first kappa shape index (κ1) is 14.0. The van der Waals surface area contributed by atoms with Crippen LogP contribution in [-0.4, -0.2) is 15.9 Å². The van der Waals surface area contributed by atoms with Crippen LogP contribution < -0.4 is 16.6 Å². The summed E-state index contributed by atoms with van der Waals surface area (Å²) in [5.74, 6) is 5.61. The molecular weight excluding hydrogens is 254 g/mol. The average molecular weight is 271 g/mol. The Bertz CT molecular complexity index is 587. The van der Waals surface area contributed by atoms with Crippen molar-refractivity contribution in [3.8, 4) is 0 Å². The Hall–Kier alpha value is -2.47. The molecule has 0 fully saturated rings. The number of pyridine rings is 2. The van der Waals surface area contributed by atoms with Gasteiger partial charge in [-0.2, -0.15) is 0 Å². The largest absolute Gasteiger partial charge is 0.321 e. The zero-order valence-electron chi connectivity index (χ0n) is 11.5. The van der Waals surface area contributed by atoms with E-state index in [1.807, 2.05) is 26.0 Å². The molecule has 0 unspecified atom stereocenters. The van der Waals surface area contributed by atoms with E-state index in [1.54, 1.807) is 18.3 Å². The number of hydrazine groups is 1. The molecule has 0 aliphatic heterocycles. The predicted octanol–water partition coefficient (Wildman–Crippen LogP) is 1.89. The quantitative estimate of drug-likeness (QED) is 0.583. The van der Waals surface area contributed by atoms with Crippen LogP contribution in [0.4, 0.5) is 11.5 Å². The van der Waals surface area contributed by atoms with Crippen molar-refractivity contribution < 1.29 is 4.79 Å². The number of nitrogens with zero attached hydrogens (tertiary/aromatic N) is 2. The molecule has 0 aliphatic rings. The fourth-order valence-corrected chi connectivity index (χ4v) is 1.72. The molecule has 0 radical (unpaired) electrons. The van der Waals surface area contributed by atoms with Gasteiger partial charge in [-0.25, -0.2) is 10.8 Å². The fourth-order valence-electron chi connectivity index (χ4n) is 1.72. The molecule has 0 aromatic carbocycles. The molecule has 0 aliphatic carbocycles. The number of hydrogen-bond donors (Lipinski definition) is 3. The molecule has 6 heteroatoms. The van der Waals surface area contributed by atoms with Crippen molar-refractivity contribution in [2.45, 2.75) is 20.3 Å². The van der Waals surface area contributed by atoms with E-state index < -0.39 is 0 Å². The zero-order chi connectivity index (χ0) is 14.5. The van der Waals surface area contributed by atoms with Crippen LogP contribution in [0.1, 0.15) is 28.7 Å². The Labute approximate surface area is 117 Å². The molecule has 0 spiro atoms. The highest BCUT2D eigenvalue weighted by Gasteiger charge is 2.09. The van der Waals surface area contributed by atoms with E-state index >= 15 is 0 Å². The summed E-state index contributed by atoms with van der Waals surface area (Å²) in [4.78, 5) is 20.6. The van der Waals surface area contributed by atoms with Crippen molar-refractivity contribution >= 4 is 17.4 Å². The smallest absolute Gasteiger partial charge is 0.255 e. The molecular formula is C14H17N5O. The fraction of sp³-hybridized carbons (Fsp3) is 0.214. The molecule has 2 rings (SSSR count). The van der Waals surface area contributed by atoms with E-state index in [1.165, 1.54) is 0 Å². The van der Waals surface area contributed by atoms with E-state index in [0.29, 0.717) is 17.1 Å². The Morgan fingerprint density at radius 2 is 2.15 bits per heavy atom. The normalized spacial score (nSPS) is 10.2. The second-order valence-electron chi connectivity index (χ2n) is 4.37. The zero-order valence-corrected chi connectivity index (χ0v) is 11.5. The van der Waals surface area contributed by atoms with Gasteiger partial charge in [-0.05, 0) is 37.6 Å². The van der Waals surface area contributed by atoms with Crippen LogP contribution in [0.25, 0.3) is 0 Å². The molecule has 0 saturated carbocycles. The lowest BCUT2D eigenvalue weighted by Gasteiger charge is -2.08. The van der Waals surface area contributed by atoms with Gasteiger partial charge in [0.05, 0.1) is 11.9 Å². The van der Waals surface area contributed by atoms with E-state index in [4.69, 9.17) is 5.84 Å². The van der Waals surface area contributed by atoms with Gasteiger partial charge in [0.15, 0.2) is 0 Å². The number of aryl methyl sites for hydroxylation is 2. The number of carbonyl (C=O) groups excluding carboxylic acids is 1. The summed E-state index contributed by atoms with van der Waals surface area (Å²) in [6.07, 6.45) is 2.35. The van der Waals surface area contributed by atoms with Crippen LogP contribution >= 0.6 is 0 Å². The van der Waals surface area contributed by atoms with Gasteiger partial charge in [0.25, 0.3) is 5.91 Å². The maximum Gasteiger partial charge on any atom is 0.255 e. The number of carbonyl (C=O) groups is 1. The van der Waals surface area contributed by atoms with Crippen LogP contribution in [0, 0.1) is 6.92 Å². The van der Waals surface area contributed by atoms with Gasteiger partial charge in [-0.1, -0.05) is 6.92 Å². The highest BCUT2D eigenvalue weighted by atomic mass is 16.1. The Morgan fingerprint density at radius 1 is 1.35 bits per heavy atom. The molecule has 0 bridgehead atoms. The summed E-state index contributed by atoms with van der Waals surface area (Å²) >= 11 is 0. The molecule has 2 aromatic rings. The van der Waals surface area contributed by atoms with E-state index in [-0.39, 0.29) is 5.91 Å². The van der Waals surface area contributed by atoms with Gasteiger partial charge < -0.3 is 10.7 Å². The van der Waals surface area contributed by atoms with Gasteiger partial charge in [0.1, 0.15) is 5.82 Å². The Kier molecular flexibility index (Phi) is 4.27. The SMILES string of the molecule is CCc1cc(C(=O)Nc2ccc(C)nc2)cc(NN)n1. The standard InChI is InChI=1S/C14H17N5O/c1-3-11-6-10(7-13(17-11)19-15)14(20)18-12-5-4-9(2)16-8-12/h4-8H,3,15H2,1-2H3,(H,17,19)(H,18,20). The van der Waals surface area contributed by atoms with Crippen LogP contribution in [0.15, 0.2) is 30.5 Å². The topological polar surface area (TPSA) is 92.9 Å². The number of aromatic nitrogens is 2. The third-order valence-corrected chi connectivity index (χ3v) is 2.82. The maximum atomic E-state index is 12.2. The van der Waals surface area contributed by atoms with Crippen molar-refractivity contribution in [1.29, 1.82) is 0 Å². The third kappa shape index (κ3) is 3.30. The first-order chi connectivity index (χ1) is 9.62. The number of rotatable bonds is 4. The average Bonchev–Trinajstić information content (AvgIpc) is 2.48. The molecule has 2 heterocycles. The molecule has 0 saturated heterocycles. The van der Waals surface area contributed by atoms with Crippen LogP contribution in [0.2, 0.25) is 0 Å². The summed E-state index contributed by atoms with van der Waals surface area (Å²) in [6, 6.07) is 7.00. The summed E-state index contributed by atoms with van der Waals surface area (Å²) in [5, 5.41) is 2.79. The molecule has 104 valence electrons. The monoisotopic (exact) mass is 271 g/mol. The van der Waals surface area contributed by atoms with Crippen LogP contribution in [0.3, 0.4) is 0 Å². The van der Waals surface area contributed by atoms with Gasteiger partial charge in [-0.3, -0.25) is 9.78 Å². The van der Waals surface area contributed by atoms with E-state index in [0.717, 1.165) is 17.8 Å². The first-order valence-electron chi connectivity index (χ1n) is 6.34. The predicted molar refractivity (Wildman–Crippen MR) is 78.4 cm³/mol. The summed E-state index contributed by atoms with van der Waals surface area (Å²) in [7, 11) is 0. The second kappa shape index (κ2) is 6.12. The number of amides is 1. The molecule has 1 amide bonds. The van der Waals surface area contributed by atoms with Gasteiger partial charge in [0, 0.05) is 17.0 Å². The second-order valence-corrected chi connectivity index (χ2v) is 4.37. The minimum absolute atomic E-state index is 0.218. The number of nitrogens with two attached hydrogens (primary N) is 1. The van der Waals surface area contributed by atoms with Crippen LogP contribution in [-0.2, 0) is 6.42 Å². The van der Waals surface area contributed by atoms with Gasteiger partial charge >= 0.3 is 0 Å². The number of anilines is 2. The van der Waals surface area contributed by atoms with Crippen molar-refractivity contribution in [1.82, 2.24) is 9.97 Å². The van der Waals surface area contributed by atoms with Gasteiger partial charge in [0.2, 0.25) is 0 Å². The lowest BCUT2D eigenvalue weighted by atomic mass is 10.2. The number of hydrogen-bond acceptors (Lipinski definition) is 5. The van der Waals surface area contributed by atoms with Crippen molar-refractivity contribution in [2.75, 3.05) is 10.7 Å². The first-order valence-corrected chi connectivity index (χ1v) is 6.34. The maximum absolute atomic E-state index is 12.2. The molecule has 0 atom stereocenters. The minimum atomic E-state index is -0.218. The molecule has 2 aromatic heterocycles. The van der Waals surface area contributed by atoms with E-state index in [2.05, 4.69) is 20.7 Å². The molecule has 4 N–H and O–H groups in total. The highest BCUT2D eigenvalue weighted by Crippen LogP contribution is 2.13.